The third kappa shape index (κ3) is 8.25. The molecule has 0 aromatic heterocycles. The number of nitrogens with one attached hydrogen (secondary N) is 1. The van der Waals surface area contributed by atoms with Crippen molar-refractivity contribution in [1.29, 1.82) is 0 Å². The summed E-state index contributed by atoms with van der Waals surface area (Å²) < 4.78 is 0. The Morgan fingerprint density at radius 2 is 2.00 bits per heavy atom. The van der Waals surface area contributed by atoms with E-state index in [2.05, 4.69) is 40.4 Å². The van der Waals surface area contributed by atoms with Gasteiger partial charge in [-0.2, -0.15) is 0 Å². The van der Waals surface area contributed by atoms with Crippen molar-refractivity contribution in [2.45, 2.75) is 19.9 Å². The molecule has 0 spiro atoms. The highest BCUT2D eigenvalue weighted by molar-refractivity contribution is 7.16. The second-order valence-corrected chi connectivity index (χ2v) is 3.78. The van der Waals surface area contributed by atoms with Gasteiger partial charge in [0.1, 0.15) is 0 Å². The minimum Gasteiger partial charge on any atom is -0.313 e. The van der Waals surface area contributed by atoms with Gasteiger partial charge < -0.3 is 10.2 Å². The largest absolute Gasteiger partial charge is 0.313 e. The number of hydrogen-bond acceptors (Lipinski definition) is 2. The van der Waals surface area contributed by atoms with Crippen LogP contribution in [0.5, 0.6) is 0 Å². The van der Waals surface area contributed by atoms with Crippen LogP contribution in [0.1, 0.15) is 13.8 Å². The first kappa shape index (κ1) is 11.4. The number of likely N-dealkylation sites (N-methyl/N-ethyl adjacent to an activating group) is 1. The van der Waals surface area contributed by atoms with Crippen LogP contribution in [0, 0.1) is 0 Å². The highest BCUT2D eigenvalue weighted by Gasteiger charge is 1.96. The van der Waals surface area contributed by atoms with Crippen LogP contribution >= 0.6 is 9.24 Å². The fourth-order valence-electron chi connectivity index (χ4n) is 0.876. The molecular weight excluding hydrogens is 155 g/mol. The van der Waals surface area contributed by atoms with E-state index >= 15 is 0 Å². The van der Waals surface area contributed by atoms with E-state index in [0.29, 0.717) is 6.04 Å². The Kier molecular flexibility index (Phi) is 7.25. The Bertz CT molecular complexity index is 86.2. The smallest absolute Gasteiger partial charge is 0.0104 e. The van der Waals surface area contributed by atoms with E-state index in [4.69, 9.17) is 0 Å². The predicted molar refractivity (Wildman–Crippen MR) is 55.2 cm³/mol. The van der Waals surface area contributed by atoms with Gasteiger partial charge in [0.2, 0.25) is 0 Å². The van der Waals surface area contributed by atoms with Gasteiger partial charge in [-0.25, -0.2) is 0 Å². The van der Waals surface area contributed by atoms with Crippen molar-refractivity contribution in [2.75, 3.05) is 32.8 Å². The van der Waals surface area contributed by atoms with Crippen LogP contribution in [0.15, 0.2) is 0 Å². The van der Waals surface area contributed by atoms with E-state index in [-0.39, 0.29) is 0 Å². The molecule has 3 heteroatoms. The summed E-state index contributed by atoms with van der Waals surface area (Å²) in [6, 6.07) is 0.611. The van der Waals surface area contributed by atoms with E-state index in [1.165, 1.54) is 6.54 Å². The molecule has 0 amide bonds. The van der Waals surface area contributed by atoms with Crippen molar-refractivity contribution in [3.05, 3.63) is 0 Å². The molecule has 0 fully saturated rings. The summed E-state index contributed by atoms with van der Waals surface area (Å²) in [4.78, 5) is 2.34. The fraction of sp³-hybridized carbons (Fsp3) is 1.00. The molecule has 0 saturated heterocycles. The third-order valence-corrected chi connectivity index (χ3v) is 1.82. The van der Waals surface area contributed by atoms with Crippen LogP contribution in [-0.4, -0.2) is 43.8 Å². The molecule has 0 bridgehead atoms. The van der Waals surface area contributed by atoms with Gasteiger partial charge >= 0.3 is 0 Å². The van der Waals surface area contributed by atoms with Crippen molar-refractivity contribution >= 4 is 9.24 Å². The van der Waals surface area contributed by atoms with E-state index in [1.54, 1.807) is 0 Å². The zero-order valence-corrected chi connectivity index (χ0v) is 9.09. The summed E-state index contributed by atoms with van der Waals surface area (Å²) in [5.74, 6) is 0. The molecule has 0 aromatic rings. The Morgan fingerprint density at radius 1 is 1.36 bits per heavy atom. The van der Waals surface area contributed by atoms with Crippen LogP contribution < -0.4 is 5.32 Å². The summed E-state index contributed by atoms with van der Waals surface area (Å²) in [6.07, 6.45) is 1.16. The standard InChI is InChI=1S/C8H21N2P/c1-8(2)9-4-5-10(3)6-7-11/h8-9H,4-7,11H2,1-3H3. The SMILES string of the molecule is CC(C)NCCN(C)CCP. The predicted octanol–water partition coefficient (Wildman–Crippen LogP) is 0.791. The Hall–Kier alpha value is 0.350. The monoisotopic (exact) mass is 176 g/mol. The van der Waals surface area contributed by atoms with E-state index in [9.17, 15) is 0 Å². The summed E-state index contributed by atoms with van der Waals surface area (Å²) in [6.45, 7) is 7.77. The third-order valence-electron chi connectivity index (χ3n) is 1.56. The van der Waals surface area contributed by atoms with Gasteiger partial charge in [-0.15, -0.1) is 9.24 Å². The zero-order valence-electron chi connectivity index (χ0n) is 7.93. The molecule has 0 aliphatic carbocycles. The molecule has 1 N–H and O–H groups in total. The minimum absolute atomic E-state index is 0.611. The maximum absolute atomic E-state index is 3.39. The molecule has 0 aromatic carbocycles. The molecule has 0 rings (SSSR count). The topological polar surface area (TPSA) is 15.3 Å². The van der Waals surface area contributed by atoms with Gasteiger partial charge in [0.05, 0.1) is 0 Å². The number of rotatable bonds is 6. The van der Waals surface area contributed by atoms with Crippen molar-refractivity contribution in [2.24, 2.45) is 0 Å². The lowest BCUT2D eigenvalue weighted by atomic mass is 10.4. The van der Waals surface area contributed by atoms with Gasteiger partial charge in [0.15, 0.2) is 0 Å². The van der Waals surface area contributed by atoms with Crippen LogP contribution in [-0.2, 0) is 0 Å². The fourth-order valence-corrected chi connectivity index (χ4v) is 1.32. The first-order valence-electron chi connectivity index (χ1n) is 4.28. The Labute approximate surface area is 72.9 Å². The van der Waals surface area contributed by atoms with Crippen LogP contribution in [0.25, 0.3) is 0 Å². The molecule has 68 valence electrons. The average molecular weight is 176 g/mol. The van der Waals surface area contributed by atoms with Gasteiger partial charge in [-0.05, 0) is 13.2 Å². The maximum Gasteiger partial charge on any atom is 0.0104 e. The average Bonchev–Trinajstić information content (AvgIpc) is 1.87. The quantitative estimate of drug-likeness (QED) is 0.602. The van der Waals surface area contributed by atoms with Gasteiger partial charge in [0, 0.05) is 25.7 Å². The molecule has 0 aliphatic rings. The summed E-state index contributed by atoms with van der Waals surface area (Å²) in [5.41, 5.74) is 0. The van der Waals surface area contributed by atoms with Gasteiger partial charge in [-0.1, -0.05) is 13.8 Å². The molecule has 11 heavy (non-hydrogen) atoms. The lowest BCUT2D eigenvalue weighted by Gasteiger charge is -2.16. The first-order valence-corrected chi connectivity index (χ1v) is 5.10. The lowest BCUT2D eigenvalue weighted by molar-refractivity contribution is 0.346. The second-order valence-electron chi connectivity index (χ2n) is 3.20. The van der Waals surface area contributed by atoms with Crippen LogP contribution in [0.3, 0.4) is 0 Å². The number of hydrogen-bond donors (Lipinski definition) is 1. The second kappa shape index (κ2) is 7.02. The van der Waals surface area contributed by atoms with Crippen LogP contribution in [0.4, 0.5) is 0 Å². The van der Waals surface area contributed by atoms with Crippen molar-refractivity contribution < 1.29 is 0 Å². The molecule has 0 radical (unpaired) electrons. The van der Waals surface area contributed by atoms with E-state index in [0.717, 1.165) is 19.3 Å². The lowest BCUT2D eigenvalue weighted by Crippen LogP contribution is -2.33. The van der Waals surface area contributed by atoms with Crippen molar-refractivity contribution in [3.63, 3.8) is 0 Å². The molecular formula is C8H21N2P. The molecule has 0 aliphatic heterocycles. The summed E-state index contributed by atoms with van der Waals surface area (Å²) >= 11 is 0. The number of nitrogens with zero attached hydrogens (tertiary/aromatic N) is 1. The molecule has 0 saturated carbocycles. The highest BCUT2D eigenvalue weighted by atomic mass is 31.0. The minimum atomic E-state index is 0.611. The maximum atomic E-state index is 3.39. The normalized spacial score (nSPS) is 11.5. The molecule has 2 nitrogen and oxygen atoms in total. The summed E-state index contributed by atoms with van der Waals surface area (Å²) in [7, 11) is 4.90. The van der Waals surface area contributed by atoms with E-state index in [1.807, 2.05) is 0 Å². The van der Waals surface area contributed by atoms with Crippen molar-refractivity contribution in [1.82, 2.24) is 10.2 Å². The molecule has 1 unspecified atom stereocenters. The van der Waals surface area contributed by atoms with Gasteiger partial charge in [-0.3, -0.25) is 0 Å². The van der Waals surface area contributed by atoms with E-state index < -0.39 is 0 Å². The first-order chi connectivity index (χ1) is 5.16. The molecule has 1 atom stereocenters. The highest BCUT2D eigenvalue weighted by Crippen LogP contribution is 1.86. The Balaban J connectivity index is 3.10. The van der Waals surface area contributed by atoms with Gasteiger partial charge in [0.25, 0.3) is 0 Å². The zero-order chi connectivity index (χ0) is 8.69. The Morgan fingerprint density at radius 3 is 2.45 bits per heavy atom. The molecule has 0 heterocycles. The van der Waals surface area contributed by atoms with Crippen molar-refractivity contribution in [3.8, 4) is 0 Å². The summed E-state index contributed by atoms with van der Waals surface area (Å²) in [5, 5.41) is 3.39. The van der Waals surface area contributed by atoms with Crippen LogP contribution in [0.2, 0.25) is 0 Å².